The lowest BCUT2D eigenvalue weighted by Crippen LogP contribution is -1.95. The van der Waals surface area contributed by atoms with Gasteiger partial charge in [-0.2, -0.15) is 17.0 Å². The summed E-state index contributed by atoms with van der Waals surface area (Å²) in [6.45, 7) is 0. The molecule has 0 atom stereocenters. The minimum Gasteiger partial charge on any atom is -0.258 e. The standard InChI is InChI=1S/C9H7F2NO2S/c10-7-5-8(11)9(12(13)14)4-6(7)2-1-3-15/h1-2,4-5,15H,3H2. The third kappa shape index (κ3) is 2.76. The van der Waals surface area contributed by atoms with E-state index in [1.807, 2.05) is 0 Å². The highest BCUT2D eigenvalue weighted by Crippen LogP contribution is 2.22. The Kier molecular flexibility index (Phi) is 3.79. The summed E-state index contributed by atoms with van der Waals surface area (Å²) < 4.78 is 26.0. The molecule has 15 heavy (non-hydrogen) atoms. The van der Waals surface area contributed by atoms with E-state index in [2.05, 4.69) is 12.6 Å². The molecule has 0 aliphatic carbocycles. The lowest BCUT2D eigenvalue weighted by Gasteiger charge is -1.98. The summed E-state index contributed by atoms with van der Waals surface area (Å²) in [5.41, 5.74) is -0.771. The van der Waals surface area contributed by atoms with Gasteiger partial charge in [0.2, 0.25) is 5.82 Å². The first-order valence-corrected chi connectivity index (χ1v) is 4.60. The molecule has 0 spiro atoms. The fourth-order valence-corrected chi connectivity index (χ4v) is 1.11. The summed E-state index contributed by atoms with van der Waals surface area (Å²) in [4.78, 5) is 9.47. The predicted octanol–water partition coefficient (Wildman–Crippen LogP) is 2.82. The summed E-state index contributed by atoms with van der Waals surface area (Å²) in [5.74, 6) is -1.65. The molecule has 3 nitrogen and oxygen atoms in total. The smallest absolute Gasteiger partial charge is 0.258 e. The van der Waals surface area contributed by atoms with Crippen molar-refractivity contribution in [2.45, 2.75) is 0 Å². The predicted molar refractivity (Wildman–Crippen MR) is 55.9 cm³/mol. The summed E-state index contributed by atoms with van der Waals surface area (Å²) in [5, 5.41) is 10.4. The van der Waals surface area contributed by atoms with Crippen molar-refractivity contribution in [2.75, 3.05) is 5.75 Å². The number of halogens is 2. The van der Waals surface area contributed by atoms with Gasteiger partial charge < -0.3 is 0 Å². The first-order valence-electron chi connectivity index (χ1n) is 3.97. The molecule has 0 heterocycles. The first-order chi connectivity index (χ1) is 7.06. The van der Waals surface area contributed by atoms with Gasteiger partial charge in [0.25, 0.3) is 0 Å². The number of nitro groups is 1. The van der Waals surface area contributed by atoms with Crippen LogP contribution >= 0.6 is 12.6 Å². The maximum Gasteiger partial charge on any atom is 0.305 e. The molecule has 0 unspecified atom stereocenters. The quantitative estimate of drug-likeness (QED) is 0.494. The van der Waals surface area contributed by atoms with Gasteiger partial charge in [0.05, 0.1) is 4.92 Å². The van der Waals surface area contributed by atoms with Crippen molar-refractivity contribution >= 4 is 24.4 Å². The lowest BCUT2D eigenvalue weighted by atomic mass is 10.1. The normalized spacial score (nSPS) is 10.9. The van der Waals surface area contributed by atoms with Gasteiger partial charge in [0, 0.05) is 23.4 Å². The Morgan fingerprint density at radius 1 is 1.40 bits per heavy atom. The molecule has 1 aromatic rings. The van der Waals surface area contributed by atoms with Gasteiger partial charge in [0.15, 0.2) is 0 Å². The molecular formula is C9H7F2NO2S. The highest BCUT2D eigenvalue weighted by Gasteiger charge is 2.16. The van der Waals surface area contributed by atoms with Crippen molar-refractivity contribution in [1.82, 2.24) is 0 Å². The first kappa shape index (κ1) is 11.6. The molecule has 0 N–H and O–H groups in total. The van der Waals surface area contributed by atoms with Crippen molar-refractivity contribution in [3.8, 4) is 0 Å². The summed E-state index contributed by atoms with van der Waals surface area (Å²) in [6.07, 6.45) is 2.82. The van der Waals surface area contributed by atoms with Crippen molar-refractivity contribution in [3.63, 3.8) is 0 Å². The minimum atomic E-state index is -1.18. The molecule has 0 bridgehead atoms. The van der Waals surface area contributed by atoms with Crippen molar-refractivity contribution < 1.29 is 13.7 Å². The van der Waals surface area contributed by atoms with E-state index in [0.29, 0.717) is 11.8 Å². The van der Waals surface area contributed by atoms with Gasteiger partial charge in [-0.05, 0) is 0 Å². The van der Waals surface area contributed by atoms with E-state index in [4.69, 9.17) is 0 Å². The van der Waals surface area contributed by atoms with E-state index in [9.17, 15) is 18.9 Å². The molecule has 0 aromatic heterocycles. The van der Waals surface area contributed by atoms with Crippen LogP contribution in [0.5, 0.6) is 0 Å². The van der Waals surface area contributed by atoms with Gasteiger partial charge in [-0.1, -0.05) is 12.2 Å². The average molecular weight is 231 g/mol. The van der Waals surface area contributed by atoms with Gasteiger partial charge >= 0.3 is 5.69 Å². The zero-order valence-corrected chi connectivity index (χ0v) is 8.38. The Bertz CT molecular complexity index is 421. The topological polar surface area (TPSA) is 43.1 Å². The zero-order valence-electron chi connectivity index (χ0n) is 7.48. The second-order valence-corrected chi connectivity index (χ2v) is 3.03. The number of nitrogens with zero attached hydrogens (tertiary/aromatic N) is 1. The van der Waals surface area contributed by atoms with Crippen molar-refractivity contribution in [1.29, 1.82) is 0 Å². The van der Waals surface area contributed by atoms with Crippen LogP contribution in [0, 0.1) is 21.7 Å². The van der Waals surface area contributed by atoms with Crippen molar-refractivity contribution in [3.05, 3.63) is 45.5 Å². The number of hydrogen-bond acceptors (Lipinski definition) is 3. The molecule has 0 aliphatic heterocycles. The average Bonchev–Trinajstić information content (AvgIpc) is 2.16. The Balaban J connectivity index is 3.23. The maximum atomic E-state index is 13.1. The van der Waals surface area contributed by atoms with E-state index in [1.165, 1.54) is 12.2 Å². The van der Waals surface area contributed by atoms with E-state index in [-0.39, 0.29) is 5.56 Å². The van der Waals surface area contributed by atoms with Crippen LogP contribution in [-0.2, 0) is 0 Å². The van der Waals surface area contributed by atoms with Crippen molar-refractivity contribution in [2.24, 2.45) is 0 Å². The molecule has 1 aromatic carbocycles. The zero-order chi connectivity index (χ0) is 11.4. The summed E-state index contributed by atoms with van der Waals surface area (Å²) in [6, 6.07) is 1.35. The molecule has 0 radical (unpaired) electrons. The monoisotopic (exact) mass is 231 g/mol. The van der Waals surface area contributed by atoms with Crippen LogP contribution < -0.4 is 0 Å². The Morgan fingerprint density at radius 2 is 2.07 bits per heavy atom. The minimum absolute atomic E-state index is 0.0304. The molecular weight excluding hydrogens is 224 g/mol. The van der Waals surface area contributed by atoms with Crippen LogP contribution in [0.3, 0.4) is 0 Å². The molecule has 0 saturated heterocycles. The van der Waals surface area contributed by atoms with Crippen LogP contribution in [0.2, 0.25) is 0 Å². The Labute approximate surface area is 90.0 Å². The SMILES string of the molecule is O=[N+]([O-])c1cc(C=CCS)c(F)cc1F. The van der Waals surface area contributed by atoms with Crippen LogP contribution in [0.1, 0.15) is 5.56 Å². The summed E-state index contributed by atoms with van der Waals surface area (Å²) >= 11 is 3.85. The third-order valence-electron chi connectivity index (χ3n) is 1.67. The van der Waals surface area contributed by atoms with Gasteiger partial charge in [-0.3, -0.25) is 10.1 Å². The molecule has 80 valence electrons. The van der Waals surface area contributed by atoms with Crippen LogP contribution in [0.4, 0.5) is 14.5 Å². The van der Waals surface area contributed by atoms with Gasteiger partial charge in [0.1, 0.15) is 5.82 Å². The molecule has 0 fully saturated rings. The third-order valence-corrected chi connectivity index (χ3v) is 1.88. The number of thiol groups is 1. The highest BCUT2D eigenvalue weighted by atomic mass is 32.1. The van der Waals surface area contributed by atoms with Crippen LogP contribution in [0.25, 0.3) is 6.08 Å². The van der Waals surface area contributed by atoms with Gasteiger partial charge in [-0.25, -0.2) is 4.39 Å². The Hall–Kier alpha value is -1.43. The van der Waals surface area contributed by atoms with E-state index in [0.717, 1.165) is 6.07 Å². The number of rotatable bonds is 3. The summed E-state index contributed by atoms with van der Waals surface area (Å²) in [7, 11) is 0. The maximum absolute atomic E-state index is 13.1. The number of benzene rings is 1. The number of hydrogen-bond donors (Lipinski definition) is 1. The van der Waals surface area contributed by atoms with Gasteiger partial charge in [-0.15, -0.1) is 0 Å². The van der Waals surface area contributed by atoms with E-state index in [1.54, 1.807) is 0 Å². The van der Waals surface area contributed by atoms with Crippen LogP contribution in [-0.4, -0.2) is 10.7 Å². The largest absolute Gasteiger partial charge is 0.305 e. The second-order valence-electron chi connectivity index (χ2n) is 2.67. The molecule has 6 heteroatoms. The fraction of sp³-hybridized carbons (Fsp3) is 0.111. The molecule has 0 aliphatic rings. The highest BCUT2D eigenvalue weighted by molar-refractivity contribution is 7.80. The Morgan fingerprint density at radius 3 is 2.60 bits per heavy atom. The fourth-order valence-electron chi connectivity index (χ4n) is 1.00. The molecule has 1 rings (SSSR count). The van der Waals surface area contributed by atoms with E-state index >= 15 is 0 Å². The molecule has 0 amide bonds. The number of nitro benzene ring substituents is 1. The van der Waals surface area contributed by atoms with E-state index < -0.39 is 22.2 Å². The molecule has 0 saturated carbocycles. The van der Waals surface area contributed by atoms with Crippen LogP contribution in [0.15, 0.2) is 18.2 Å². The second kappa shape index (κ2) is 4.88. The lowest BCUT2D eigenvalue weighted by molar-refractivity contribution is -0.387.